The predicted molar refractivity (Wildman–Crippen MR) is 142 cm³/mol. The number of nitrogens with zero attached hydrogens (tertiary/aromatic N) is 3. The third-order valence-electron chi connectivity index (χ3n) is 4.91. The second-order valence-corrected chi connectivity index (χ2v) is 9.80. The summed E-state index contributed by atoms with van der Waals surface area (Å²) in [6.07, 6.45) is 2.20. The maximum atomic E-state index is 11.4. The summed E-state index contributed by atoms with van der Waals surface area (Å²) in [7, 11) is -3.02. The standard InChI is InChI=1S/C23H31N5O2S.HI/c1-4-24-23(26-16-19-10-12-20(13-11-19)17-31(3,29)30)25-14-7-15-28-18(2)27-21-8-5-6-9-22(21)28;/h5-6,8-13H,4,7,14-17H2,1-3H3,(H2,24,25,26);1H. The van der Waals surface area contributed by atoms with Crippen LogP contribution < -0.4 is 10.6 Å². The van der Waals surface area contributed by atoms with Crippen LogP contribution in [0.5, 0.6) is 0 Å². The number of hydrogen-bond donors (Lipinski definition) is 2. The van der Waals surface area contributed by atoms with Crippen LogP contribution >= 0.6 is 24.0 Å². The SMILES string of the molecule is CCNC(=NCc1ccc(CS(C)(=O)=O)cc1)NCCCn1c(C)nc2ccccc21.I. The third-order valence-corrected chi connectivity index (χ3v) is 5.77. The monoisotopic (exact) mass is 569 g/mol. The first-order chi connectivity index (χ1) is 14.9. The van der Waals surface area contributed by atoms with Gasteiger partial charge in [-0.2, -0.15) is 0 Å². The lowest BCUT2D eigenvalue weighted by Crippen LogP contribution is -2.38. The van der Waals surface area contributed by atoms with E-state index in [4.69, 9.17) is 0 Å². The molecule has 1 aromatic heterocycles. The van der Waals surface area contributed by atoms with Crippen molar-refractivity contribution in [1.82, 2.24) is 20.2 Å². The fourth-order valence-electron chi connectivity index (χ4n) is 3.48. The first kappa shape index (κ1) is 26.1. The number of aryl methyl sites for hydroxylation is 2. The van der Waals surface area contributed by atoms with Crippen LogP contribution in [0.2, 0.25) is 0 Å². The van der Waals surface area contributed by atoms with Crippen molar-refractivity contribution in [3.8, 4) is 0 Å². The summed E-state index contributed by atoms with van der Waals surface area (Å²) >= 11 is 0. The fourth-order valence-corrected chi connectivity index (χ4v) is 4.28. The summed E-state index contributed by atoms with van der Waals surface area (Å²) in [6, 6.07) is 15.8. The van der Waals surface area contributed by atoms with Crippen molar-refractivity contribution in [3.63, 3.8) is 0 Å². The van der Waals surface area contributed by atoms with Crippen LogP contribution in [0.1, 0.15) is 30.3 Å². The van der Waals surface area contributed by atoms with Crippen molar-refractivity contribution in [2.45, 2.75) is 39.1 Å². The largest absolute Gasteiger partial charge is 0.357 e. The van der Waals surface area contributed by atoms with E-state index in [9.17, 15) is 8.42 Å². The average molecular weight is 570 g/mol. The van der Waals surface area contributed by atoms with Crippen LogP contribution in [0.4, 0.5) is 0 Å². The molecule has 0 spiro atoms. The Bertz CT molecular complexity index is 1140. The second kappa shape index (κ2) is 12.2. The molecule has 0 bridgehead atoms. The van der Waals surface area contributed by atoms with E-state index in [2.05, 4.69) is 31.2 Å². The Morgan fingerprint density at radius 2 is 1.75 bits per heavy atom. The van der Waals surface area contributed by atoms with Gasteiger partial charge < -0.3 is 15.2 Å². The summed E-state index contributed by atoms with van der Waals surface area (Å²) in [6.45, 7) is 7.08. The average Bonchev–Trinajstić information content (AvgIpc) is 3.04. The van der Waals surface area contributed by atoms with Gasteiger partial charge in [-0.25, -0.2) is 18.4 Å². The van der Waals surface area contributed by atoms with E-state index in [0.29, 0.717) is 6.54 Å². The van der Waals surface area contributed by atoms with Crippen molar-refractivity contribution in [3.05, 3.63) is 65.5 Å². The summed E-state index contributed by atoms with van der Waals surface area (Å²) in [5, 5.41) is 6.66. The zero-order valence-electron chi connectivity index (χ0n) is 18.8. The molecule has 0 radical (unpaired) electrons. The van der Waals surface area contributed by atoms with E-state index < -0.39 is 9.84 Å². The lowest BCUT2D eigenvalue weighted by Gasteiger charge is -2.12. The number of para-hydroxylation sites is 2. The van der Waals surface area contributed by atoms with Crippen LogP contribution in [0.3, 0.4) is 0 Å². The van der Waals surface area contributed by atoms with Crippen LogP contribution in [-0.4, -0.2) is 43.3 Å². The number of nitrogens with one attached hydrogen (secondary N) is 2. The number of imidazole rings is 1. The normalized spacial score (nSPS) is 11.9. The Morgan fingerprint density at radius 3 is 2.44 bits per heavy atom. The Hall–Kier alpha value is -2.14. The summed E-state index contributed by atoms with van der Waals surface area (Å²) in [5.41, 5.74) is 4.03. The molecule has 0 amide bonds. The molecule has 3 aromatic rings. The molecule has 1 heterocycles. The lowest BCUT2D eigenvalue weighted by atomic mass is 10.1. The molecule has 0 atom stereocenters. The van der Waals surface area contributed by atoms with Crippen molar-refractivity contribution in [2.75, 3.05) is 19.3 Å². The number of rotatable bonds is 9. The molecule has 7 nitrogen and oxygen atoms in total. The number of aromatic nitrogens is 2. The molecule has 2 N–H and O–H groups in total. The quantitative estimate of drug-likeness (QED) is 0.178. The van der Waals surface area contributed by atoms with Crippen molar-refractivity contribution in [1.29, 1.82) is 0 Å². The lowest BCUT2D eigenvalue weighted by molar-refractivity contribution is 0.601. The van der Waals surface area contributed by atoms with Gasteiger partial charge in [-0.1, -0.05) is 36.4 Å². The Morgan fingerprint density at radius 1 is 1.06 bits per heavy atom. The van der Waals surface area contributed by atoms with E-state index in [0.717, 1.165) is 54.5 Å². The Kier molecular flexibility index (Phi) is 9.95. The second-order valence-electron chi connectivity index (χ2n) is 7.66. The maximum absolute atomic E-state index is 11.4. The van der Waals surface area contributed by atoms with E-state index >= 15 is 0 Å². The molecule has 0 saturated carbocycles. The number of benzene rings is 2. The first-order valence-electron chi connectivity index (χ1n) is 10.6. The van der Waals surface area contributed by atoms with Gasteiger partial charge in [0, 0.05) is 25.9 Å². The van der Waals surface area contributed by atoms with Gasteiger partial charge in [0.2, 0.25) is 0 Å². The molecule has 32 heavy (non-hydrogen) atoms. The zero-order chi connectivity index (χ0) is 22.3. The number of aliphatic imine (C=N–C) groups is 1. The third kappa shape index (κ3) is 7.77. The molecule has 0 aliphatic rings. The molecule has 0 saturated heterocycles. The summed E-state index contributed by atoms with van der Waals surface area (Å²) < 4.78 is 25.1. The number of sulfone groups is 1. The predicted octanol–water partition coefficient (Wildman–Crippen LogP) is 3.65. The fraction of sp³-hybridized carbons (Fsp3) is 0.391. The summed E-state index contributed by atoms with van der Waals surface area (Å²) in [5.74, 6) is 1.86. The zero-order valence-corrected chi connectivity index (χ0v) is 22.0. The van der Waals surface area contributed by atoms with Gasteiger partial charge in [-0.3, -0.25) is 0 Å². The molecule has 0 fully saturated rings. The van der Waals surface area contributed by atoms with Crippen molar-refractivity contribution < 1.29 is 8.42 Å². The number of guanidine groups is 1. The van der Waals surface area contributed by atoms with Crippen molar-refractivity contribution in [2.24, 2.45) is 4.99 Å². The van der Waals surface area contributed by atoms with Gasteiger partial charge in [-0.05, 0) is 43.5 Å². The Labute approximate surface area is 207 Å². The van der Waals surface area contributed by atoms with Crippen LogP contribution in [0, 0.1) is 6.92 Å². The molecule has 3 rings (SSSR count). The van der Waals surface area contributed by atoms with Gasteiger partial charge in [0.15, 0.2) is 15.8 Å². The molecule has 9 heteroatoms. The number of halogens is 1. The highest BCUT2D eigenvalue weighted by molar-refractivity contribution is 14.0. The highest BCUT2D eigenvalue weighted by Crippen LogP contribution is 2.15. The molecule has 0 aliphatic heterocycles. The molecule has 0 aliphatic carbocycles. The van der Waals surface area contributed by atoms with Gasteiger partial charge in [0.05, 0.1) is 23.3 Å². The minimum absolute atomic E-state index is 0. The van der Waals surface area contributed by atoms with Crippen LogP contribution in [0.25, 0.3) is 11.0 Å². The van der Waals surface area contributed by atoms with Gasteiger partial charge in [0.25, 0.3) is 0 Å². The molecular weight excluding hydrogens is 537 g/mol. The molecule has 174 valence electrons. The molecule has 0 unspecified atom stereocenters. The number of fused-ring (bicyclic) bond motifs is 1. The first-order valence-corrected chi connectivity index (χ1v) is 12.6. The summed E-state index contributed by atoms with van der Waals surface area (Å²) in [4.78, 5) is 9.27. The van der Waals surface area contributed by atoms with Gasteiger partial charge >= 0.3 is 0 Å². The van der Waals surface area contributed by atoms with Crippen molar-refractivity contribution >= 4 is 50.8 Å². The smallest absolute Gasteiger partial charge is 0.191 e. The molecular formula is C23H32IN5O2S. The van der Waals surface area contributed by atoms with Crippen LogP contribution in [-0.2, 0) is 28.7 Å². The van der Waals surface area contributed by atoms with E-state index in [1.807, 2.05) is 56.3 Å². The molecule has 2 aromatic carbocycles. The minimum Gasteiger partial charge on any atom is -0.357 e. The highest BCUT2D eigenvalue weighted by atomic mass is 127. The van der Waals surface area contributed by atoms with E-state index in [1.54, 1.807) is 0 Å². The Balaban J connectivity index is 0.00000363. The van der Waals surface area contributed by atoms with E-state index in [-0.39, 0.29) is 29.7 Å². The van der Waals surface area contributed by atoms with E-state index in [1.165, 1.54) is 11.8 Å². The van der Waals surface area contributed by atoms with Crippen LogP contribution in [0.15, 0.2) is 53.5 Å². The number of hydrogen-bond acceptors (Lipinski definition) is 4. The van der Waals surface area contributed by atoms with Gasteiger partial charge in [-0.15, -0.1) is 24.0 Å². The minimum atomic E-state index is -3.02. The van der Waals surface area contributed by atoms with Gasteiger partial charge in [0.1, 0.15) is 5.82 Å². The highest BCUT2D eigenvalue weighted by Gasteiger charge is 2.07. The topological polar surface area (TPSA) is 88.4 Å². The maximum Gasteiger partial charge on any atom is 0.191 e.